The molecule has 1 saturated heterocycles. The van der Waals surface area contributed by atoms with Crippen molar-refractivity contribution in [2.45, 2.75) is 39.8 Å². The van der Waals surface area contributed by atoms with Gasteiger partial charge in [0.1, 0.15) is 5.82 Å². The van der Waals surface area contributed by atoms with Gasteiger partial charge < -0.3 is 10.2 Å². The van der Waals surface area contributed by atoms with Crippen molar-refractivity contribution in [1.82, 2.24) is 15.2 Å². The average Bonchev–Trinajstić information content (AvgIpc) is 2.45. The minimum atomic E-state index is 0.642. The number of hydrogen-bond donors (Lipinski definition) is 1. The lowest BCUT2D eigenvalue weighted by atomic mass is 10.1. The van der Waals surface area contributed by atoms with Crippen LogP contribution >= 0.6 is 0 Å². The van der Waals surface area contributed by atoms with Crippen LogP contribution in [0.1, 0.15) is 31.5 Å². The molecule has 1 unspecified atom stereocenters. The number of hydrogen-bond acceptors (Lipinski definition) is 4. The molecular formula is C16H28N4. The van der Waals surface area contributed by atoms with Gasteiger partial charge in [-0.2, -0.15) is 0 Å². The molecule has 0 aliphatic carbocycles. The Morgan fingerprint density at radius 2 is 2.10 bits per heavy atom. The van der Waals surface area contributed by atoms with Gasteiger partial charge in [-0.15, -0.1) is 0 Å². The van der Waals surface area contributed by atoms with Crippen LogP contribution in [0.2, 0.25) is 0 Å². The molecule has 4 heteroatoms. The third-order valence-electron chi connectivity index (χ3n) is 4.15. The van der Waals surface area contributed by atoms with Gasteiger partial charge in [0.05, 0.1) is 0 Å². The Kier molecular flexibility index (Phi) is 5.38. The van der Waals surface area contributed by atoms with E-state index < -0.39 is 0 Å². The van der Waals surface area contributed by atoms with Gasteiger partial charge in [-0.25, -0.2) is 4.98 Å². The smallest absolute Gasteiger partial charge is 0.129 e. The van der Waals surface area contributed by atoms with Crippen molar-refractivity contribution in [3.63, 3.8) is 0 Å². The Bertz CT molecular complexity index is 432. The van der Waals surface area contributed by atoms with Crippen molar-refractivity contribution in [3.05, 3.63) is 23.4 Å². The van der Waals surface area contributed by atoms with Gasteiger partial charge in [0.2, 0.25) is 0 Å². The van der Waals surface area contributed by atoms with Crippen molar-refractivity contribution in [2.75, 3.05) is 38.1 Å². The molecular weight excluding hydrogens is 248 g/mol. The molecule has 1 fully saturated rings. The zero-order chi connectivity index (χ0) is 14.5. The average molecular weight is 276 g/mol. The van der Waals surface area contributed by atoms with Crippen molar-refractivity contribution in [1.29, 1.82) is 0 Å². The Morgan fingerprint density at radius 3 is 2.80 bits per heavy atom. The standard InChI is InChI=1S/C16H28N4/c1-5-15-12-20(8-7-19(15)4)16-10-14(11-17-6-2)9-13(3)18-16/h9-10,15,17H,5-8,11-12H2,1-4H3. The summed E-state index contributed by atoms with van der Waals surface area (Å²) in [5.41, 5.74) is 2.45. The van der Waals surface area contributed by atoms with Crippen LogP contribution in [-0.4, -0.2) is 49.2 Å². The van der Waals surface area contributed by atoms with E-state index in [1.165, 1.54) is 12.0 Å². The number of nitrogens with one attached hydrogen (secondary N) is 1. The molecule has 1 aliphatic rings. The Morgan fingerprint density at radius 1 is 1.30 bits per heavy atom. The molecule has 1 aliphatic heterocycles. The highest BCUT2D eigenvalue weighted by atomic mass is 15.3. The fourth-order valence-corrected chi connectivity index (χ4v) is 2.85. The van der Waals surface area contributed by atoms with Crippen LogP contribution in [0.25, 0.3) is 0 Å². The highest BCUT2D eigenvalue weighted by Gasteiger charge is 2.23. The summed E-state index contributed by atoms with van der Waals surface area (Å²) in [4.78, 5) is 9.64. The second kappa shape index (κ2) is 7.04. The lowest BCUT2D eigenvalue weighted by Crippen LogP contribution is -2.51. The van der Waals surface area contributed by atoms with E-state index >= 15 is 0 Å². The highest BCUT2D eigenvalue weighted by molar-refractivity contribution is 5.43. The van der Waals surface area contributed by atoms with Crippen molar-refractivity contribution >= 4 is 5.82 Å². The quantitative estimate of drug-likeness (QED) is 0.891. The van der Waals surface area contributed by atoms with E-state index in [1.807, 2.05) is 0 Å². The molecule has 1 aromatic rings. The van der Waals surface area contributed by atoms with Crippen LogP contribution in [0.5, 0.6) is 0 Å². The van der Waals surface area contributed by atoms with E-state index in [2.05, 4.69) is 55.1 Å². The third-order valence-corrected chi connectivity index (χ3v) is 4.15. The largest absolute Gasteiger partial charge is 0.354 e. The number of aromatic nitrogens is 1. The molecule has 1 atom stereocenters. The summed E-state index contributed by atoms with van der Waals surface area (Å²) in [5.74, 6) is 1.14. The molecule has 2 rings (SSSR count). The maximum atomic E-state index is 4.74. The lowest BCUT2D eigenvalue weighted by molar-refractivity contribution is 0.213. The molecule has 0 amide bonds. The summed E-state index contributed by atoms with van der Waals surface area (Å²) in [6.07, 6.45) is 1.20. The lowest BCUT2D eigenvalue weighted by Gasteiger charge is -2.39. The second-order valence-electron chi connectivity index (χ2n) is 5.74. The third kappa shape index (κ3) is 3.70. The maximum Gasteiger partial charge on any atom is 0.129 e. The Labute approximate surface area is 123 Å². The highest BCUT2D eigenvalue weighted by Crippen LogP contribution is 2.20. The molecule has 4 nitrogen and oxygen atoms in total. The molecule has 0 saturated carbocycles. The topological polar surface area (TPSA) is 31.4 Å². The minimum absolute atomic E-state index is 0.642. The monoisotopic (exact) mass is 276 g/mol. The number of aryl methyl sites for hydroxylation is 1. The predicted octanol–water partition coefficient (Wildman–Crippen LogP) is 2.03. The van der Waals surface area contributed by atoms with Crippen LogP contribution in [0.4, 0.5) is 5.82 Å². The van der Waals surface area contributed by atoms with Crippen LogP contribution in [0.15, 0.2) is 12.1 Å². The van der Waals surface area contributed by atoms with E-state index in [0.717, 1.165) is 44.2 Å². The Hall–Kier alpha value is -1.13. The molecule has 0 bridgehead atoms. The van der Waals surface area contributed by atoms with Crippen LogP contribution in [0.3, 0.4) is 0 Å². The number of anilines is 1. The number of likely N-dealkylation sites (N-methyl/N-ethyl adjacent to an activating group) is 1. The van der Waals surface area contributed by atoms with Gasteiger partial charge in [-0.1, -0.05) is 13.8 Å². The van der Waals surface area contributed by atoms with E-state index in [4.69, 9.17) is 4.98 Å². The fraction of sp³-hybridized carbons (Fsp3) is 0.688. The molecule has 1 N–H and O–H groups in total. The first kappa shape index (κ1) is 15.3. The number of rotatable bonds is 5. The summed E-state index contributed by atoms with van der Waals surface area (Å²) in [6, 6.07) is 5.07. The van der Waals surface area contributed by atoms with E-state index in [1.54, 1.807) is 0 Å². The van der Waals surface area contributed by atoms with Crippen molar-refractivity contribution in [2.24, 2.45) is 0 Å². The van der Waals surface area contributed by atoms with Gasteiger partial charge >= 0.3 is 0 Å². The van der Waals surface area contributed by atoms with Crippen molar-refractivity contribution in [3.8, 4) is 0 Å². The second-order valence-corrected chi connectivity index (χ2v) is 5.74. The Balaban J connectivity index is 2.13. The van der Waals surface area contributed by atoms with Crippen LogP contribution in [-0.2, 0) is 6.54 Å². The fourth-order valence-electron chi connectivity index (χ4n) is 2.85. The summed E-state index contributed by atoms with van der Waals surface area (Å²) in [7, 11) is 2.23. The molecule has 0 spiro atoms. The van der Waals surface area contributed by atoms with Crippen LogP contribution < -0.4 is 10.2 Å². The maximum absolute atomic E-state index is 4.74. The van der Waals surface area contributed by atoms with Gasteiger partial charge in [0, 0.05) is 37.9 Å². The first-order chi connectivity index (χ1) is 9.63. The molecule has 0 radical (unpaired) electrons. The summed E-state index contributed by atoms with van der Waals surface area (Å²) in [5, 5.41) is 3.39. The summed E-state index contributed by atoms with van der Waals surface area (Å²) >= 11 is 0. The number of nitrogens with zero attached hydrogens (tertiary/aromatic N) is 3. The molecule has 112 valence electrons. The predicted molar refractivity (Wildman–Crippen MR) is 85.3 cm³/mol. The van der Waals surface area contributed by atoms with Crippen LogP contribution in [0, 0.1) is 6.92 Å². The van der Waals surface area contributed by atoms with E-state index in [-0.39, 0.29) is 0 Å². The molecule has 20 heavy (non-hydrogen) atoms. The van der Waals surface area contributed by atoms with Gasteiger partial charge in [-0.05, 0) is 44.6 Å². The molecule has 2 heterocycles. The van der Waals surface area contributed by atoms with E-state index in [0.29, 0.717) is 6.04 Å². The van der Waals surface area contributed by atoms with Gasteiger partial charge in [0.15, 0.2) is 0 Å². The first-order valence-electron chi connectivity index (χ1n) is 7.77. The number of piperazine rings is 1. The normalized spacial score (nSPS) is 20.4. The van der Waals surface area contributed by atoms with Gasteiger partial charge in [-0.3, -0.25) is 4.90 Å². The van der Waals surface area contributed by atoms with Gasteiger partial charge in [0.25, 0.3) is 0 Å². The SMILES string of the molecule is CCNCc1cc(C)nc(N2CCN(C)C(CC)C2)c1. The van der Waals surface area contributed by atoms with E-state index in [9.17, 15) is 0 Å². The first-order valence-corrected chi connectivity index (χ1v) is 7.77. The zero-order valence-corrected chi connectivity index (χ0v) is 13.3. The zero-order valence-electron chi connectivity index (χ0n) is 13.3. The number of pyridine rings is 1. The minimum Gasteiger partial charge on any atom is -0.354 e. The van der Waals surface area contributed by atoms with Crippen molar-refractivity contribution < 1.29 is 0 Å². The molecule has 1 aromatic heterocycles. The summed E-state index contributed by atoms with van der Waals surface area (Å²) < 4.78 is 0. The summed E-state index contributed by atoms with van der Waals surface area (Å²) in [6.45, 7) is 11.7. The molecule has 0 aromatic carbocycles.